The smallest absolute Gasteiger partial charge is 0.256 e. The van der Waals surface area contributed by atoms with Gasteiger partial charge >= 0.3 is 0 Å². The minimum atomic E-state index is -0.513. The van der Waals surface area contributed by atoms with E-state index in [0.717, 1.165) is 13.0 Å². The number of halogens is 3. The molecule has 0 aromatic heterocycles. The monoisotopic (exact) mass is 306 g/mol. The van der Waals surface area contributed by atoms with Gasteiger partial charge in [0.15, 0.2) is 0 Å². The molecule has 19 heavy (non-hydrogen) atoms. The average Bonchev–Trinajstić information content (AvgIpc) is 2.80. The zero-order valence-electron chi connectivity index (χ0n) is 10.7. The summed E-state index contributed by atoms with van der Waals surface area (Å²) in [5.41, 5.74) is 0.0626. The highest BCUT2D eigenvalue weighted by molar-refractivity contribution is 6.31. The minimum Gasteiger partial charge on any atom is -0.338 e. The number of amides is 1. The number of nitrogens with one attached hydrogen (secondary N) is 1. The van der Waals surface area contributed by atoms with Gasteiger partial charge in [-0.2, -0.15) is 0 Å². The SMILES string of the molecule is CNCC1CCN(C(=O)c2cc(Cl)ccc2F)C1.Cl. The molecule has 1 saturated heterocycles. The summed E-state index contributed by atoms with van der Waals surface area (Å²) in [6.45, 7) is 2.23. The van der Waals surface area contributed by atoms with Crippen LogP contribution in [0.15, 0.2) is 18.2 Å². The Bertz CT molecular complexity index is 456. The number of benzene rings is 1. The zero-order chi connectivity index (χ0) is 13.1. The highest BCUT2D eigenvalue weighted by atomic mass is 35.5. The van der Waals surface area contributed by atoms with Crippen LogP contribution in [-0.2, 0) is 0 Å². The molecule has 2 rings (SSSR count). The van der Waals surface area contributed by atoms with Gasteiger partial charge in [0.2, 0.25) is 0 Å². The summed E-state index contributed by atoms with van der Waals surface area (Å²) in [5.74, 6) is -0.337. The molecule has 1 atom stereocenters. The summed E-state index contributed by atoms with van der Waals surface area (Å²) in [5, 5.41) is 3.48. The number of nitrogens with zero attached hydrogens (tertiary/aromatic N) is 1. The van der Waals surface area contributed by atoms with Crippen LogP contribution in [0.2, 0.25) is 5.02 Å². The van der Waals surface area contributed by atoms with Crippen molar-refractivity contribution in [2.24, 2.45) is 5.92 Å². The van der Waals surface area contributed by atoms with Crippen LogP contribution < -0.4 is 5.32 Å². The Morgan fingerprint density at radius 1 is 1.58 bits per heavy atom. The molecule has 106 valence electrons. The Hall–Kier alpha value is -0.840. The fraction of sp³-hybridized carbons (Fsp3) is 0.462. The molecule has 1 aromatic carbocycles. The maximum absolute atomic E-state index is 13.6. The number of hydrogen-bond acceptors (Lipinski definition) is 2. The molecule has 1 aliphatic heterocycles. The van der Waals surface area contributed by atoms with Crippen LogP contribution >= 0.6 is 24.0 Å². The normalized spacial score (nSPS) is 18.3. The van der Waals surface area contributed by atoms with Gasteiger partial charge in [0, 0.05) is 18.1 Å². The lowest BCUT2D eigenvalue weighted by Crippen LogP contribution is -2.30. The first-order chi connectivity index (χ1) is 8.61. The Morgan fingerprint density at radius 2 is 2.32 bits per heavy atom. The highest BCUT2D eigenvalue weighted by Gasteiger charge is 2.27. The van der Waals surface area contributed by atoms with E-state index in [4.69, 9.17) is 11.6 Å². The molecule has 1 aliphatic rings. The second kappa shape index (κ2) is 7.08. The van der Waals surface area contributed by atoms with Crippen molar-refractivity contribution in [3.05, 3.63) is 34.6 Å². The minimum absolute atomic E-state index is 0. The van der Waals surface area contributed by atoms with Crippen molar-refractivity contribution in [2.75, 3.05) is 26.7 Å². The first-order valence-electron chi connectivity index (χ1n) is 6.00. The van der Waals surface area contributed by atoms with E-state index in [1.807, 2.05) is 7.05 Å². The van der Waals surface area contributed by atoms with Crippen molar-refractivity contribution in [3.63, 3.8) is 0 Å². The second-order valence-electron chi connectivity index (χ2n) is 4.59. The average molecular weight is 307 g/mol. The van der Waals surface area contributed by atoms with Crippen molar-refractivity contribution in [1.82, 2.24) is 10.2 Å². The van der Waals surface area contributed by atoms with Crippen molar-refractivity contribution in [2.45, 2.75) is 6.42 Å². The number of carbonyl (C=O) groups is 1. The third kappa shape index (κ3) is 3.81. The van der Waals surface area contributed by atoms with E-state index in [2.05, 4.69) is 5.32 Å². The van der Waals surface area contributed by atoms with E-state index in [0.29, 0.717) is 24.0 Å². The van der Waals surface area contributed by atoms with Crippen LogP contribution in [0.25, 0.3) is 0 Å². The van der Waals surface area contributed by atoms with Gasteiger partial charge < -0.3 is 10.2 Å². The lowest BCUT2D eigenvalue weighted by molar-refractivity contribution is 0.0782. The molecular formula is C13H17Cl2FN2O. The predicted octanol–water partition coefficient (Wildman–Crippen LogP) is 2.58. The number of hydrogen-bond donors (Lipinski definition) is 1. The van der Waals surface area contributed by atoms with Crippen molar-refractivity contribution in [1.29, 1.82) is 0 Å². The standard InChI is InChI=1S/C13H16ClFN2O.ClH/c1-16-7-9-4-5-17(8-9)13(18)11-6-10(14)2-3-12(11)15;/h2-3,6,9,16H,4-5,7-8H2,1H3;1H. The quantitative estimate of drug-likeness (QED) is 0.931. The van der Waals surface area contributed by atoms with E-state index >= 15 is 0 Å². The number of likely N-dealkylation sites (tertiary alicyclic amines) is 1. The Kier molecular flexibility index (Phi) is 6.04. The van der Waals surface area contributed by atoms with E-state index in [9.17, 15) is 9.18 Å². The van der Waals surface area contributed by atoms with Crippen LogP contribution in [0.5, 0.6) is 0 Å². The molecule has 0 aliphatic carbocycles. The predicted molar refractivity (Wildman–Crippen MR) is 76.6 cm³/mol. The van der Waals surface area contributed by atoms with Crippen LogP contribution in [0.4, 0.5) is 4.39 Å². The summed E-state index contributed by atoms with van der Waals surface area (Å²) in [7, 11) is 1.89. The van der Waals surface area contributed by atoms with Gasteiger partial charge in [-0.3, -0.25) is 4.79 Å². The molecule has 3 nitrogen and oxygen atoms in total. The lowest BCUT2D eigenvalue weighted by Gasteiger charge is -2.17. The second-order valence-corrected chi connectivity index (χ2v) is 5.02. The van der Waals surface area contributed by atoms with Gasteiger partial charge in [0.1, 0.15) is 5.82 Å². The van der Waals surface area contributed by atoms with E-state index in [-0.39, 0.29) is 23.9 Å². The molecule has 0 bridgehead atoms. The molecular weight excluding hydrogens is 290 g/mol. The van der Waals surface area contributed by atoms with Crippen molar-refractivity contribution < 1.29 is 9.18 Å². The topological polar surface area (TPSA) is 32.3 Å². The van der Waals surface area contributed by atoms with Crippen molar-refractivity contribution in [3.8, 4) is 0 Å². The molecule has 1 fully saturated rings. The molecule has 1 heterocycles. The summed E-state index contributed by atoms with van der Waals surface area (Å²) in [6.07, 6.45) is 0.953. The van der Waals surface area contributed by atoms with Gasteiger partial charge in [-0.15, -0.1) is 12.4 Å². The van der Waals surface area contributed by atoms with Crippen LogP contribution in [0, 0.1) is 11.7 Å². The lowest BCUT2D eigenvalue weighted by atomic mass is 10.1. The van der Waals surface area contributed by atoms with E-state index in [1.165, 1.54) is 18.2 Å². The maximum Gasteiger partial charge on any atom is 0.256 e. The molecule has 1 aromatic rings. The van der Waals surface area contributed by atoms with Crippen molar-refractivity contribution >= 4 is 29.9 Å². The Balaban J connectivity index is 0.00000180. The summed E-state index contributed by atoms with van der Waals surface area (Å²) in [6, 6.07) is 4.07. The number of rotatable bonds is 3. The summed E-state index contributed by atoms with van der Waals surface area (Å²) >= 11 is 5.80. The van der Waals surface area contributed by atoms with Crippen LogP contribution in [0.1, 0.15) is 16.8 Å². The van der Waals surface area contributed by atoms with Crippen LogP contribution in [-0.4, -0.2) is 37.5 Å². The molecule has 1 N–H and O–H groups in total. The van der Waals surface area contributed by atoms with Gasteiger partial charge in [0.25, 0.3) is 5.91 Å². The first kappa shape index (κ1) is 16.2. The fourth-order valence-electron chi connectivity index (χ4n) is 2.30. The van der Waals surface area contributed by atoms with Gasteiger partial charge in [-0.1, -0.05) is 11.6 Å². The zero-order valence-corrected chi connectivity index (χ0v) is 12.2. The molecule has 1 unspecified atom stereocenters. The summed E-state index contributed by atoms with van der Waals surface area (Å²) in [4.78, 5) is 13.9. The van der Waals surface area contributed by atoms with Gasteiger partial charge in [-0.05, 0) is 44.1 Å². The third-order valence-electron chi connectivity index (χ3n) is 3.22. The van der Waals surface area contributed by atoms with E-state index < -0.39 is 5.82 Å². The molecule has 6 heteroatoms. The highest BCUT2D eigenvalue weighted by Crippen LogP contribution is 2.21. The third-order valence-corrected chi connectivity index (χ3v) is 3.46. The maximum atomic E-state index is 13.6. The van der Waals surface area contributed by atoms with Crippen LogP contribution in [0.3, 0.4) is 0 Å². The molecule has 0 spiro atoms. The number of carbonyl (C=O) groups excluding carboxylic acids is 1. The van der Waals surface area contributed by atoms with Gasteiger partial charge in [-0.25, -0.2) is 4.39 Å². The Labute approximate surface area is 123 Å². The Morgan fingerprint density at radius 3 is 3.00 bits per heavy atom. The largest absolute Gasteiger partial charge is 0.338 e. The molecule has 1 amide bonds. The van der Waals surface area contributed by atoms with Gasteiger partial charge in [0.05, 0.1) is 5.56 Å². The molecule has 0 saturated carbocycles. The summed E-state index contributed by atoms with van der Waals surface area (Å²) < 4.78 is 13.6. The molecule has 0 radical (unpaired) electrons. The fourth-order valence-corrected chi connectivity index (χ4v) is 2.48. The van der Waals surface area contributed by atoms with E-state index in [1.54, 1.807) is 4.90 Å². The first-order valence-corrected chi connectivity index (χ1v) is 6.38.